The minimum atomic E-state index is 0.780. The fourth-order valence-corrected chi connectivity index (χ4v) is 2.68. The minimum absolute atomic E-state index is 0.780. The summed E-state index contributed by atoms with van der Waals surface area (Å²) in [6, 6.07) is 0.780. The van der Waals surface area contributed by atoms with Crippen LogP contribution in [0.1, 0.15) is 46.0 Å². The Hall–Kier alpha value is -0.0800. The topological polar surface area (TPSA) is 15.3 Å². The van der Waals surface area contributed by atoms with Gasteiger partial charge < -0.3 is 10.2 Å². The highest BCUT2D eigenvalue weighted by Gasteiger charge is 2.26. The van der Waals surface area contributed by atoms with E-state index >= 15 is 0 Å². The van der Waals surface area contributed by atoms with Crippen molar-refractivity contribution in [2.45, 2.75) is 52.0 Å². The molecule has 2 rings (SSSR count). The van der Waals surface area contributed by atoms with Crippen LogP contribution in [0.5, 0.6) is 0 Å². The molecule has 94 valence electrons. The Morgan fingerprint density at radius 1 is 1.25 bits per heavy atom. The van der Waals surface area contributed by atoms with E-state index in [0.717, 1.165) is 17.9 Å². The van der Waals surface area contributed by atoms with E-state index in [2.05, 4.69) is 24.1 Å². The molecule has 2 aliphatic rings. The highest BCUT2D eigenvalue weighted by molar-refractivity contribution is 4.83. The molecule has 0 spiro atoms. The molecular weight excluding hydrogens is 196 g/mol. The first kappa shape index (κ1) is 12.4. The third kappa shape index (κ3) is 4.06. The molecule has 2 atom stereocenters. The van der Waals surface area contributed by atoms with E-state index < -0.39 is 0 Å². The highest BCUT2D eigenvalue weighted by Crippen LogP contribution is 2.30. The van der Waals surface area contributed by atoms with Crippen LogP contribution < -0.4 is 5.32 Å². The molecule has 0 aromatic rings. The van der Waals surface area contributed by atoms with Gasteiger partial charge in [-0.3, -0.25) is 0 Å². The van der Waals surface area contributed by atoms with Crippen molar-refractivity contribution in [3.05, 3.63) is 0 Å². The van der Waals surface area contributed by atoms with E-state index in [4.69, 9.17) is 0 Å². The summed E-state index contributed by atoms with van der Waals surface area (Å²) < 4.78 is 0. The van der Waals surface area contributed by atoms with E-state index in [0.29, 0.717) is 0 Å². The Labute approximate surface area is 101 Å². The molecule has 2 heteroatoms. The molecule has 2 unspecified atom stereocenters. The normalized spacial score (nSPS) is 27.6. The molecule has 1 heterocycles. The van der Waals surface area contributed by atoms with Crippen LogP contribution >= 0.6 is 0 Å². The summed E-state index contributed by atoms with van der Waals surface area (Å²) in [6.07, 6.45) is 7.05. The first-order valence-electron chi connectivity index (χ1n) is 7.23. The average Bonchev–Trinajstić information content (AvgIpc) is 2.93. The van der Waals surface area contributed by atoms with E-state index in [1.807, 2.05) is 0 Å². The summed E-state index contributed by atoms with van der Waals surface area (Å²) in [4.78, 5) is 2.73. The summed E-state index contributed by atoms with van der Waals surface area (Å²) in [6.45, 7) is 9.91. The maximum absolute atomic E-state index is 3.63. The van der Waals surface area contributed by atoms with Crippen LogP contribution in [-0.4, -0.2) is 37.1 Å². The zero-order valence-electron chi connectivity index (χ0n) is 11.0. The maximum Gasteiger partial charge on any atom is 0.0195 e. The van der Waals surface area contributed by atoms with Crippen LogP contribution in [0.4, 0.5) is 0 Å². The molecule has 0 bridgehead atoms. The summed E-state index contributed by atoms with van der Waals surface area (Å²) >= 11 is 0. The van der Waals surface area contributed by atoms with Gasteiger partial charge in [0.05, 0.1) is 0 Å². The van der Waals surface area contributed by atoms with Crippen molar-refractivity contribution in [3.8, 4) is 0 Å². The van der Waals surface area contributed by atoms with Gasteiger partial charge in [0.1, 0.15) is 0 Å². The molecule has 0 aromatic carbocycles. The molecule has 0 amide bonds. The average molecular weight is 224 g/mol. The lowest BCUT2D eigenvalue weighted by molar-refractivity contribution is 0.208. The van der Waals surface area contributed by atoms with Gasteiger partial charge in [-0.15, -0.1) is 0 Å². The zero-order chi connectivity index (χ0) is 11.4. The van der Waals surface area contributed by atoms with Gasteiger partial charge in [0.15, 0.2) is 0 Å². The van der Waals surface area contributed by atoms with Crippen molar-refractivity contribution < 1.29 is 0 Å². The molecule has 1 saturated heterocycles. The third-order valence-electron chi connectivity index (χ3n) is 4.12. The second-order valence-corrected chi connectivity index (χ2v) is 5.97. The van der Waals surface area contributed by atoms with Gasteiger partial charge in [-0.05, 0) is 44.1 Å². The summed E-state index contributed by atoms with van der Waals surface area (Å²) in [5.74, 6) is 1.89. The second-order valence-electron chi connectivity index (χ2n) is 5.97. The Kier molecular flexibility index (Phi) is 4.66. The van der Waals surface area contributed by atoms with Crippen LogP contribution in [0.25, 0.3) is 0 Å². The van der Waals surface area contributed by atoms with Gasteiger partial charge in [0.2, 0.25) is 0 Å². The fraction of sp³-hybridized carbons (Fsp3) is 1.00. The van der Waals surface area contributed by atoms with Crippen LogP contribution in [0, 0.1) is 11.8 Å². The van der Waals surface area contributed by atoms with Crippen molar-refractivity contribution in [2.75, 3.05) is 26.2 Å². The molecule has 1 saturated carbocycles. The van der Waals surface area contributed by atoms with Crippen molar-refractivity contribution in [2.24, 2.45) is 11.8 Å². The fourth-order valence-electron chi connectivity index (χ4n) is 2.68. The monoisotopic (exact) mass is 224 g/mol. The van der Waals surface area contributed by atoms with Crippen molar-refractivity contribution >= 4 is 0 Å². The third-order valence-corrected chi connectivity index (χ3v) is 4.12. The first-order chi connectivity index (χ1) is 7.78. The Bertz CT molecular complexity index is 195. The van der Waals surface area contributed by atoms with Crippen LogP contribution in [0.2, 0.25) is 0 Å². The Balaban J connectivity index is 1.75. The number of nitrogens with one attached hydrogen (secondary N) is 1. The molecule has 1 aliphatic heterocycles. The van der Waals surface area contributed by atoms with E-state index in [-0.39, 0.29) is 0 Å². The van der Waals surface area contributed by atoms with Gasteiger partial charge >= 0.3 is 0 Å². The standard InChI is InChI=1S/C14H28N2/c1-3-12(2)9-16(10-13-6-7-13)11-14-5-4-8-15-14/h12-15H,3-11H2,1-2H3. The number of hydrogen-bond donors (Lipinski definition) is 1. The molecule has 16 heavy (non-hydrogen) atoms. The zero-order valence-corrected chi connectivity index (χ0v) is 11.0. The molecule has 0 radical (unpaired) electrons. The van der Waals surface area contributed by atoms with Crippen molar-refractivity contribution in [3.63, 3.8) is 0 Å². The maximum atomic E-state index is 3.63. The first-order valence-corrected chi connectivity index (χ1v) is 7.23. The molecule has 2 nitrogen and oxygen atoms in total. The Morgan fingerprint density at radius 3 is 2.62 bits per heavy atom. The molecule has 0 aromatic heterocycles. The van der Waals surface area contributed by atoms with E-state index in [9.17, 15) is 0 Å². The number of hydrogen-bond acceptors (Lipinski definition) is 2. The predicted molar refractivity (Wildman–Crippen MR) is 69.6 cm³/mol. The van der Waals surface area contributed by atoms with Crippen LogP contribution in [0.3, 0.4) is 0 Å². The lowest BCUT2D eigenvalue weighted by Gasteiger charge is -2.28. The van der Waals surface area contributed by atoms with Crippen LogP contribution in [0.15, 0.2) is 0 Å². The largest absolute Gasteiger partial charge is 0.313 e. The van der Waals surface area contributed by atoms with Gasteiger partial charge in [0.25, 0.3) is 0 Å². The minimum Gasteiger partial charge on any atom is -0.313 e. The van der Waals surface area contributed by atoms with E-state index in [1.54, 1.807) is 0 Å². The second kappa shape index (κ2) is 6.02. The Morgan fingerprint density at radius 2 is 2.06 bits per heavy atom. The van der Waals surface area contributed by atoms with Crippen molar-refractivity contribution in [1.82, 2.24) is 10.2 Å². The smallest absolute Gasteiger partial charge is 0.0195 e. The number of rotatable bonds is 7. The lowest BCUT2D eigenvalue weighted by atomic mass is 10.1. The van der Waals surface area contributed by atoms with Crippen molar-refractivity contribution in [1.29, 1.82) is 0 Å². The van der Waals surface area contributed by atoms with Gasteiger partial charge in [-0.25, -0.2) is 0 Å². The van der Waals surface area contributed by atoms with Crippen LogP contribution in [-0.2, 0) is 0 Å². The van der Waals surface area contributed by atoms with Gasteiger partial charge in [0, 0.05) is 25.7 Å². The summed E-state index contributed by atoms with van der Waals surface area (Å²) in [5, 5.41) is 3.63. The summed E-state index contributed by atoms with van der Waals surface area (Å²) in [5.41, 5.74) is 0. The molecule has 2 fully saturated rings. The molecule has 1 aliphatic carbocycles. The van der Waals surface area contributed by atoms with E-state index in [1.165, 1.54) is 58.3 Å². The highest BCUT2D eigenvalue weighted by atomic mass is 15.2. The lowest BCUT2D eigenvalue weighted by Crippen LogP contribution is -2.40. The summed E-state index contributed by atoms with van der Waals surface area (Å²) in [7, 11) is 0. The number of nitrogens with zero attached hydrogens (tertiary/aromatic N) is 1. The predicted octanol–water partition coefficient (Wildman–Crippen LogP) is 2.50. The molecule has 1 N–H and O–H groups in total. The quantitative estimate of drug-likeness (QED) is 0.715. The van der Waals surface area contributed by atoms with Gasteiger partial charge in [-0.1, -0.05) is 20.3 Å². The molecular formula is C14H28N2. The van der Waals surface area contributed by atoms with Gasteiger partial charge in [-0.2, -0.15) is 0 Å². The SMILES string of the molecule is CCC(C)CN(CC1CC1)CC1CCCN1.